The SMILES string of the molecule is O=c1cc(N2CCc3ccccc3CC2)cn[nH]1. The molecule has 0 atom stereocenters. The maximum absolute atomic E-state index is 11.3. The summed E-state index contributed by atoms with van der Waals surface area (Å²) in [7, 11) is 0. The second-order valence-electron chi connectivity index (χ2n) is 4.56. The Bertz CT molecular complexity index is 579. The van der Waals surface area contributed by atoms with Crippen LogP contribution in [0.15, 0.2) is 41.3 Å². The average Bonchev–Trinajstić information content (AvgIpc) is 2.61. The normalized spacial score (nSPS) is 15.0. The first-order chi connectivity index (χ1) is 8.83. The van der Waals surface area contributed by atoms with E-state index in [0.29, 0.717) is 0 Å². The van der Waals surface area contributed by atoms with Crippen LogP contribution in [0, 0.1) is 0 Å². The molecular weight excluding hydrogens is 226 g/mol. The number of hydrogen-bond acceptors (Lipinski definition) is 3. The smallest absolute Gasteiger partial charge is 0.266 e. The second kappa shape index (κ2) is 4.64. The van der Waals surface area contributed by atoms with Crippen LogP contribution in [0.3, 0.4) is 0 Å². The minimum Gasteiger partial charge on any atom is -0.369 e. The van der Waals surface area contributed by atoms with Crippen LogP contribution in [0.25, 0.3) is 0 Å². The largest absolute Gasteiger partial charge is 0.369 e. The highest BCUT2D eigenvalue weighted by Gasteiger charge is 2.14. The number of nitrogens with one attached hydrogen (secondary N) is 1. The highest BCUT2D eigenvalue weighted by Crippen LogP contribution is 2.19. The van der Waals surface area contributed by atoms with Gasteiger partial charge < -0.3 is 4.90 Å². The third-order valence-corrected chi connectivity index (χ3v) is 3.44. The Morgan fingerprint density at radius 3 is 2.39 bits per heavy atom. The Morgan fingerprint density at radius 1 is 1.11 bits per heavy atom. The van der Waals surface area contributed by atoms with Crippen molar-refractivity contribution in [3.05, 3.63) is 58.0 Å². The zero-order chi connectivity index (χ0) is 12.4. The summed E-state index contributed by atoms with van der Waals surface area (Å²) >= 11 is 0. The molecular formula is C14H15N3O. The van der Waals surface area contributed by atoms with E-state index in [1.165, 1.54) is 11.1 Å². The Hall–Kier alpha value is -2.10. The number of aromatic amines is 1. The van der Waals surface area contributed by atoms with Gasteiger partial charge in [-0.15, -0.1) is 0 Å². The molecule has 0 fully saturated rings. The van der Waals surface area contributed by atoms with Crippen LogP contribution >= 0.6 is 0 Å². The van der Waals surface area contributed by atoms with Crippen LogP contribution in [0.2, 0.25) is 0 Å². The monoisotopic (exact) mass is 241 g/mol. The van der Waals surface area contributed by atoms with Crippen LogP contribution in [-0.2, 0) is 12.8 Å². The molecule has 0 unspecified atom stereocenters. The molecule has 18 heavy (non-hydrogen) atoms. The van der Waals surface area contributed by atoms with E-state index in [1.807, 2.05) is 0 Å². The number of H-pyrrole nitrogens is 1. The van der Waals surface area contributed by atoms with Crippen molar-refractivity contribution >= 4 is 5.69 Å². The maximum Gasteiger partial charge on any atom is 0.266 e. The molecule has 1 aliphatic rings. The lowest BCUT2D eigenvalue weighted by molar-refractivity contribution is 0.796. The number of benzene rings is 1. The summed E-state index contributed by atoms with van der Waals surface area (Å²) in [5.74, 6) is 0. The van der Waals surface area contributed by atoms with Crippen molar-refractivity contribution in [1.82, 2.24) is 10.2 Å². The average molecular weight is 241 g/mol. The van der Waals surface area contributed by atoms with Gasteiger partial charge in [0.2, 0.25) is 0 Å². The summed E-state index contributed by atoms with van der Waals surface area (Å²) in [6.07, 6.45) is 3.75. The van der Waals surface area contributed by atoms with Crippen molar-refractivity contribution < 1.29 is 0 Å². The quantitative estimate of drug-likeness (QED) is 0.820. The molecule has 1 aromatic heterocycles. The van der Waals surface area contributed by atoms with Gasteiger partial charge in [0.15, 0.2) is 0 Å². The van der Waals surface area contributed by atoms with Crippen molar-refractivity contribution in [2.45, 2.75) is 12.8 Å². The molecule has 2 aromatic rings. The van der Waals surface area contributed by atoms with E-state index in [1.54, 1.807) is 12.3 Å². The van der Waals surface area contributed by atoms with Gasteiger partial charge in [0.25, 0.3) is 5.56 Å². The van der Waals surface area contributed by atoms with Gasteiger partial charge in [-0.25, -0.2) is 5.10 Å². The molecule has 0 saturated heterocycles. The number of nitrogens with zero attached hydrogens (tertiary/aromatic N) is 2. The van der Waals surface area contributed by atoms with E-state index in [0.717, 1.165) is 31.6 Å². The van der Waals surface area contributed by atoms with Gasteiger partial charge >= 0.3 is 0 Å². The molecule has 0 radical (unpaired) electrons. The fourth-order valence-electron chi connectivity index (χ4n) is 2.46. The lowest BCUT2D eigenvalue weighted by Gasteiger charge is -2.21. The van der Waals surface area contributed by atoms with Gasteiger partial charge in [0.05, 0.1) is 11.9 Å². The third kappa shape index (κ3) is 2.14. The fraction of sp³-hybridized carbons (Fsp3) is 0.286. The maximum atomic E-state index is 11.3. The highest BCUT2D eigenvalue weighted by molar-refractivity contribution is 5.44. The lowest BCUT2D eigenvalue weighted by atomic mass is 10.0. The molecule has 0 bridgehead atoms. The van der Waals surface area contributed by atoms with Crippen LogP contribution in [-0.4, -0.2) is 23.3 Å². The first-order valence-electron chi connectivity index (χ1n) is 6.19. The molecule has 92 valence electrons. The summed E-state index contributed by atoms with van der Waals surface area (Å²) in [5, 5.41) is 6.27. The molecule has 2 heterocycles. The van der Waals surface area contributed by atoms with Crippen LogP contribution in [0.4, 0.5) is 5.69 Å². The van der Waals surface area contributed by atoms with Crippen molar-refractivity contribution in [3.8, 4) is 0 Å². The highest BCUT2D eigenvalue weighted by atomic mass is 16.1. The molecule has 1 N–H and O–H groups in total. The van der Waals surface area contributed by atoms with E-state index >= 15 is 0 Å². The molecule has 4 heteroatoms. The summed E-state index contributed by atoms with van der Waals surface area (Å²) in [5.41, 5.74) is 3.59. The predicted molar refractivity (Wildman–Crippen MR) is 70.9 cm³/mol. The van der Waals surface area contributed by atoms with Gasteiger partial charge in [-0.1, -0.05) is 24.3 Å². The second-order valence-corrected chi connectivity index (χ2v) is 4.56. The summed E-state index contributed by atoms with van der Waals surface area (Å²) in [4.78, 5) is 13.5. The van der Waals surface area contributed by atoms with E-state index in [2.05, 4.69) is 39.4 Å². The first kappa shape index (κ1) is 11.0. The lowest BCUT2D eigenvalue weighted by Crippen LogP contribution is -2.27. The van der Waals surface area contributed by atoms with Gasteiger partial charge in [-0.2, -0.15) is 5.10 Å². The zero-order valence-electron chi connectivity index (χ0n) is 10.1. The van der Waals surface area contributed by atoms with Gasteiger partial charge in [-0.3, -0.25) is 4.79 Å². The molecule has 1 aromatic carbocycles. The molecule has 0 aliphatic carbocycles. The molecule has 0 amide bonds. The van der Waals surface area contributed by atoms with Gasteiger partial charge in [0.1, 0.15) is 0 Å². The topological polar surface area (TPSA) is 49.0 Å². The number of fused-ring (bicyclic) bond motifs is 1. The molecule has 0 saturated carbocycles. The minimum atomic E-state index is -0.144. The van der Waals surface area contributed by atoms with Crippen LogP contribution in [0.1, 0.15) is 11.1 Å². The molecule has 0 spiro atoms. The van der Waals surface area contributed by atoms with E-state index in [4.69, 9.17) is 0 Å². The number of hydrogen-bond donors (Lipinski definition) is 1. The minimum absolute atomic E-state index is 0.144. The third-order valence-electron chi connectivity index (χ3n) is 3.44. The number of anilines is 1. The number of rotatable bonds is 1. The van der Waals surface area contributed by atoms with Crippen molar-refractivity contribution in [2.75, 3.05) is 18.0 Å². The van der Waals surface area contributed by atoms with E-state index < -0.39 is 0 Å². The first-order valence-corrected chi connectivity index (χ1v) is 6.19. The Balaban J connectivity index is 1.85. The Kier molecular flexibility index (Phi) is 2.84. The predicted octanol–water partition coefficient (Wildman–Crippen LogP) is 1.38. The van der Waals surface area contributed by atoms with Crippen LogP contribution < -0.4 is 10.5 Å². The Morgan fingerprint density at radius 2 is 1.78 bits per heavy atom. The number of aromatic nitrogens is 2. The van der Waals surface area contributed by atoms with Crippen molar-refractivity contribution in [3.63, 3.8) is 0 Å². The summed E-state index contributed by atoms with van der Waals surface area (Å²) in [6.45, 7) is 1.87. The Labute approximate surface area is 105 Å². The summed E-state index contributed by atoms with van der Waals surface area (Å²) in [6, 6.07) is 10.2. The van der Waals surface area contributed by atoms with Crippen molar-refractivity contribution in [1.29, 1.82) is 0 Å². The zero-order valence-corrected chi connectivity index (χ0v) is 10.1. The van der Waals surface area contributed by atoms with E-state index in [9.17, 15) is 4.79 Å². The fourth-order valence-corrected chi connectivity index (χ4v) is 2.46. The standard InChI is InChI=1S/C14H15N3O/c18-14-9-13(10-15-16-14)17-7-5-11-3-1-2-4-12(11)6-8-17/h1-4,9-10H,5-8H2,(H,16,18). The van der Waals surface area contributed by atoms with E-state index in [-0.39, 0.29) is 5.56 Å². The van der Waals surface area contributed by atoms with Gasteiger partial charge in [-0.05, 0) is 24.0 Å². The molecule has 1 aliphatic heterocycles. The summed E-state index contributed by atoms with van der Waals surface area (Å²) < 4.78 is 0. The molecule has 3 rings (SSSR count). The molecule has 4 nitrogen and oxygen atoms in total. The van der Waals surface area contributed by atoms with Crippen molar-refractivity contribution in [2.24, 2.45) is 0 Å². The van der Waals surface area contributed by atoms with Gasteiger partial charge in [0, 0.05) is 19.2 Å². The van der Waals surface area contributed by atoms with Crippen LogP contribution in [0.5, 0.6) is 0 Å².